The van der Waals surface area contributed by atoms with Crippen LogP contribution in [-0.4, -0.2) is 34.3 Å². The maximum absolute atomic E-state index is 13.1. The lowest BCUT2D eigenvalue weighted by atomic mass is 10.2. The van der Waals surface area contributed by atoms with E-state index >= 15 is 0 Å². The first-order valence-electron chi connectivity index (χ1n) is 6.20. The molecule has 0 bridgehead atoms. The molecule has 2 heterocycles. The van der Waals surface area contributed by atoms with Gasteiger partial charge >= 0.3 is 0 Å². The molecule has 2 aromatic heterocycles. The smallest absolute Gasteiger partial charge is 0.255 e. The average Bonchev–Trinajstić information content (AvgIpc) is 2.84. The fourth-order valence-electron chi connectivity index (χ4n) is 1.78. The quantitative estimate of drug-likeness (QED) is 0.861. The second kappa shape index (κ2) is 6.14. The van der Waals surface area contributed by atoms with Crippen LogP contribution in [0.5, 0.6) is 0 Å². The number of amides is 1. The van der Waals surface area contributed by atoms with Crippen LogP contribution < -0.4 is 10.6 Å². The Morgan fingerprint density at radius 2 is 2.25 bits per heavy atom. The van der Waals surface area contributed by atoms with E-state index in [1.807, 2.05) is 13.1 Å². The number of halogens is 1. The van der Waals surface area contributed by atoms with Gasteiger partial charge in [-0.25, -0.2) is 9.37 Å². The number of hydrogen-bond donors (Lipinski definition) is 2. The van der Waals surface area contributed by atoms with Crippen LogP contribution >= 0.6 is 0 Å². The van der Waals surface area contributed by atoms with E-state index in [-0.39, 0.29) is 11.5 Å². The highest BCUT2D eigenvalue weighted by Gasteiger charge is 2.12. The second-order valence-electron chi connectivity index (χ2n) is 4.34. The Bertz CT molecular complexity index is 611. The predicted molar refractivity (Wildman–Crippen MR) is 73.0 cm³/mol. The van der Waals surface area contributed by atoms with Gasteiger partial charge in [0.15, 0.2) is 0 Å². The summed E-state index contributed by atoms with van der Waals surface area (Å²) in [6, 6.07) is 1.16. The van der Waals surface area contributed by atoms with Crippen molar-refractivity contribution in [2.45, 2.75) is 13.5 Å². The Balaban J connectivity index is 1.96. The minimum absolute atomic E-state index is 0.184. The van der Waals surface area contributed by atoms with E-state index < -0.39 is 5.82 Å². The average molecular weight is 277 g/mol. The number of nitrogens with zero attached hydrogens (tertiary/aromatic N) is 3. The van der Waals surface area contributed by atoms with Gasteiger partial charge < -0.3 is 10.6 Å². The predicted octanol–water partition coefficient (Wildman–Crippen LogP) is 1.20. The van der Waals surface area contributed by atoms with Gasteiger partial charge in [-0.15, -0.1) is 0 Å². The summed E-state index contributed by atoms with van der Waals surface area (Å²) < 4.78 is 14.9. The van der Waals surface area contributed by atoms with Crippen molar-refractivity contribution in [1.29, 1.82) is 0 Å². The minimum atomic E-state index is -0.545. The van der Waals surface area contributed by atoms with Gasteiger partial charge in [0.25, 0.3) is 5.91 Å². The van der Waals surface area contributed by atoms with Crippen LogP contribution in [0.15, 0.2) is 24.7 Å². The highest BCUT2D eigenvalue weighted by Crippen LogP contribution is 2.12. The number of nitrogens with one attached hydrogen (secondary N) is 2. The van der Waals surface area contributed by atoms with E-state index in [0.29, 0.717) is 18.9 Å². The molecule has 2 rings (SSSR count). The third kappa shape index (κ3) is 3.31. The number of aromatic nitrogens is 3. The molecule has 0 aliphatic rings. The molecule has 6 nitrogen and oxygen atoms in total. The third-order valence-electron chi connectivity index (χ3n) is 2.72. The summed E-state index contributed by atoms with van der Waals surface area (Å²) in [7, 11) is 1.63. The molecule has 2 aromatic rings. The molecule has 0 spiro atoms. The van der Waals surface area contributed by atoms with Gasteiger partial charge in [-0.05, 0) is 18.6 Å². The fraction of sp³-hybridized carbons (Fsp3) is 0.308. The number of pyridine rings is 1. The lowest BCUT2D eigenvalue weighted by molar-refractivity contribution is 0.0952. The lowest BCUT2D eigenvalue weighted by Gasteiger charge is -2.09. The van der Waals surface area contributed by atoms with Crippen molar-refractivity contribution in [2.24, 2.45) is 0 Å². The summed E-state index contributed by atoms with van der Waals surface area (Å²) >= 11 is 0. The molecular weight excluding hydrogens is 261 g/mol. The maximum Gasteiger partial charge on any atom is 0.255 e. The van der Waals surface area contributed by atoms with Crippen LogP contribution in [0.4, 0.5) is 10.2 Å². The standard InChI is InChI=1S/C13H16FN5O/c1-9-6-18-19(8-9)4-3-16-13(20)11-5-10(14)7-17-12(11)15-2/h5-8H,3-4H2,1-2H3,(H,15,17)(H,16,20). The van der Waals surface area contributed by atoms with Crippen LogP contribution in [0.3, 0.4) is 0 Å². The third-order valence-corrected chi connectivity index (χ3v) is 2.72. The number of carbonyl (C=O) groups excluding carboxylic acids is 1. The summed E-state index contributed by atoms with van der Waals surface area (Å²) in [5, 5.41) is 9.59. The summed E-state index contributed by atoms with van der Waals surface area (Å²) in [5.41, 5.74) is 1.24. The lowest BCUT2D eigenvalue weighted by Crippen LogP contribution is -2.28. The van der Waals surface area contributed by atoms with Gasteiger partial charge in [-0.3, -0.25) is 9.48 Å². The van der Waals surface area contributed by atoms with E-state index in [4.69, 9.17) is 0 Å². The largest absolute Gasteiger partial charge is 0.372 e. The van der Waals surface area contributed by atoms with Crippen LogP contribution in [-0.2, 0) is 6.54 Å². The molecule has 7 heteroatoms. The number of hydrogen-bond acceptors (Lipinski definition) is 4. The first-order valence-corrected chi connectivity index (χ1v) is 6.20. The minimum Gasteiger partial charge on any atom is -0.372 e. The summed E-state index contributed by atoms with van der Waals surface area (Å²) in [4.78, 5) is 15.8. The highest BCUT2D eigenvalue weighted by molar-refractivity contribution is 5.98. The van der Waals surface area contributed by atoms with Crippen molar-refractivity contribution in [3.8, 4) is 0 Å². The van der Waals surface area contributed by atoms with Gasteiger partial charge in [-0.1, -0.05) is 0 Å². The first-order chi connectivity index (χ1) is 9.60. The molecule has 0 saturated heterocycles. The number of rotatable bonds is 5. The molecule has 0 aliphatic heterocycles. The normalized spacial score (nSPS) is 10.3. The van der Waals surface area contributed by atoms with E-state index in [0.717, 1.165) is 17.8 Å². The molecule has 1 amide bonds. The molecule has 0 aromatic carbocycles. The zero-order valence-corrected chi connectivity index (χ0v) is 11.4. The molecule has 0 aliphatic carbocycles. The van der Waals surface area contributed by atoms with Gasteiger partial charge in [0.05, 0.1) is 24.5 Å². The first kappa shape index (κ1) is 14.0. The maximum atomic E-state index is 13.1. The van der Waals surface area contributed by atoms with Crippen molar-refractivity contribution in [1.82, 2.24) is 20.1 Å². The Morgan fingerprint density at radius 3 is 2.90 bits per heavy atom. The van der Waals surface area contributed by atoms with Crippen molar-refractivity contribution in [3.63, 3.8) is 0 Å². The molecule has 0 saturated carbocycles. The number of aryl methyl sites for hydroxylation is 1. The molecule has 0 fully saturated rings. The monoisotopic (exact) mass is 277 g/mol. The van der Waals surface area contributed by atoms with Crippen molar-refractivity contribution >= 4 is 11.7 Å². The van der Waals surface area contributed by atoms with Crippen molar-refractivity contribution in [2.75, 3.05) is 18.9 Å². The highest BCUT2D eigenvalue weighted by atomic mass is 19.1. The Morgan fingerprint density at radius 1 is 1.45 bits per heavy atom. The molecule has 0 radical (unpaired) electrons. The van der Waals surface area contributed by atoms with Gasteiger partial charge in [0.1, 0.15) is 11.6 Å². The summed E-state index contributed by atoms with van der Waals surface area (Å²) in [6.07, 6.45) is 4.70. The topological polar surface area (TPSA) is 71.8 Å². The van der Waals surface area contributed by atoms with Crippen LogP contribution in [0.2, 0.25) is 0 Å². The number of carbonyl (C=O) groups is 1. The zero-order valence-electron chi connectivity index (χ0n) is 11.4. The SMILES string of the molecule is CNc1ncc(F)cc1C(=O)NCCn1cc(C)cn1. The summed E-state index contributed by atoms with van der Waals surface area (Å²) in [6.45, 7) is 2.90. The van der Waals surface area contributed by atoms with Crippen LogP contribution in [0.25, 0.3) is 0 Å². The van der Waals surface area contributed by atoms with E-state index in [9.17, 15) is 9.18 Å². The van der Waals surface area contributed by atoms with Gasteiger partial charge in [-0.2, -0.15) is 5.10 Å². The Labute approximate surface area is 116 Å². The molecule has 0 atom stereocenters. The Hall–Kier alpha value is -2.44. The molecule has 0 unspecified atom stereocenters. The fourth-order valence-corrected chi connectivity index (χ4v) is 1.78. The van der Waals surface area contributed by atoms with Crippen molar-refractivity contribution in [3.05, 3.63) is 41.6 Å². The Kier molecular flexibility index (Phi) is 4.29. The van der Waals surface area contributed by atoms with Crippen molar-refractivity contribution < 1.29 is 9.18 Å². The number of anilines is 1. The summed E-state index contributed by atoms with van der Waals surface area (Å²) in [5.74, 6) is -0.569. The van der Waals surface area contributed by atoms with E-state index in [1.165, 1.54) is 0 Å². The van der Waals surface area contributed by atoms with E-state index in [1.54, 1.807) is 17.9 Å². The molecule has 20 heavy (non-hydrogen) atoms. The molecule has 106 valence electrons. The molecule has 2 N–H and O–H groups in total. The van der Waals surface area contributed by atoms with Crippen LogP contribution in [0.1, 0.15) is 15.9 Å². The second-order valence-corrected chi connectivity index (χ2v) is 4.34. The van der Waals surface area contributed by atoms with Gasteiger partial charge in [0.2, 0.25) is 0 Å². The molecular formula is C13H16FN5O. The van der Waals surface area contributed by atoms with Gasteiger partial charge in [0, 0.05) is 19.8 Å². The van der Waals surface area contributed by atoms with Crippen LogP contribution in [0, 0.1) is 12.7 Å². The van der Waals surface area contributed by atoms with E-state index in [2.05, 4.69) is 20.7 Å². The zero-order chi connectivity index (χ0) is 14.5.